The van der Waals surface area contributed by atoms with Gasteiger partial charge in [0.15, 0.2) is 6.04 Å². The van der Waals surface area contributed by atoms with Crippen LogP contribution in [-0.2, 0) is 17.8 Å². The van der Waals surface area contributed by atoms with E-state index in [0.29, 0.717) is 25.2 Å². The summed E-state index contributed by atoms with van der Waals surface area (Å²) in [5, 5.41) is 8.98. The van der Waals surface area contributed by atoms with Crippen LogP contribution in [0.4, 0.5) is 13.2 Å². The molecule has 2 heterocycles. The molecule has 3 rings (SSSR count). The molecule has 2 amide bonds. The molecule has 0 saturated heterocycles. The van der Waals surface area contributed by atoms with Crippen molar-refractivity contribution in [1.29, 1.82) is 0 Å². The number of hydrogen-bond acceptors (Lipinski definition) is 3. The summed E-state index contributed by atoms with van der Waals surface area (Å²) in [5.41, 5.74) is 0.693. The third-order valence-electron chi connectivity index (χ3n) is 4.80. The van der Waals surface area contributed by atoms with Gasteiger partial charge in [0.25, 0.3) is 5.91 Å². The molecule has 2 atom stereocenters. The first kappa shape index (κ1) is 19.9. The number of nitrogens with one attached hydrogen (secondary N) is 2. The highest BCUT2D eigenvalue weighted by Crippen LogP contribution is 2.33. The van der Waals surface area contributed by atoms with E-state index in [1.54, 1.807) is 10.7 Å². The summed E-state index contributed by atoms with van der Waals surface area (Å²) in [6.45, 7) is 2.43. The molecule has 0 fully saturated rings. The minimum atomic E-state index is -4.63. The Morgan fingerprint density at radius 2 is 2.00 bits per heavy atom. The number of aromatic nitrogens is 2. The zero-order chi connectivity index (χ0) is 20.3. The lowest BCUT2D eigenvalue weighted by Crippen LogP contribution is -2.39. The normalized spacial score (nSPS) is 17.5. The molecule has 9 heteroatoms. The molecular formula is C19H21F3N4O2. The number of alkyl halides is 3. The van der Waals surface area contributed by atoms with E-state index >= 15 is 0 Å². The minimum absolute atomic E-state index is 0.0343. The van der Waals surface area contributed by atoms with Crippen molar-refractivity contribution >= 4 is 11.8 Å². The number of fused-ring (bicyclic) bond motifs is 1. The van der Waals surface area contributed by atoms with Gasteiger partial charge in [0, 0.05) is 20.0 Å². The first-order chi connectivity index (χ1) is 13.3. The number of amides is 2. The van der Waals surface area contributed by atoms with Gasteiger partial charge in [0.1, 0.15) is 0 Å². The molecule has 28 heavy (non-hydrogen) atoms. The van der Waals surface area contributed by atoms with Crippen LogP contribution in [0.5, 0.6) is 0 Å². The van der Waals surface area contributed by atoms with Gasteiger partial charge in [-0.2, -0.15) is 18.3 Å². The van der Waals surface area contributed by atoms with Gasteiger partial charge in [-0.05, 0) is 24.3 Å². The molecule has 0 aliphatic carbocycles. The van der Waals surface area contributed by atoms with Crippen molar-refractivity contribution < 1.29 is 22.8 Å². The maximum atomic E-state index is 13.5. The Hall–Kier alpha value is -2.84. The van der Waals surface area contributed by atoms with Gasteiger partial charge in [-0.15, -0.1) is 0 Å². The number of hydrogen-bond donors (Lipinski definition) is 2. The summed E-state index contributed by atoms with van der Waals surface area (Å²) in [7, 11) is 0. The van der Waals surface area contributed by atoms with Crippen LogP contribution in [0, 0.1) is 5.92 Å². The second kappa shape index (κ2) is 8.04. The molecule has 2 N–H and O–H groups in total. The summed E-state index contributed by atoms with van der Waals surface area (Å²) in [6.07, 6.45) is -2.08. The van der Waals surface area contributed by atoms with Gasteiger partial charge in [0.2, 0.25) is 5.91 Å². The van der Waals surface area contributed by atoms with Gasteiger partial charge >= 0.3 is 6.18 Å². The van der Waals surface area contributed by atoms with Crippen molar-refractivity contribution in [3.8, 4) is 0 Å². The number of aryl methyl sites for hydroxylation is 1. The average molecular weight is 394 g/mol. The predicted octanol–water partition coefficient (Wildman–Crippen LogP) is 2.61. The molecule has 0 spiro atoms. The molecule has 1 aromatic carbocycles. The lowest BCUT2D eigenvalue weighted by Gasteiger charge is -2.25. The highest BCUT2D eigenvalue weighted by molar-refractivity contribution is 5.95. The molecule has 6 nitrogen and oxygen atoms in total. The molecule has 2 unspecified atom stereocenters. The maximum absolute atomic E-state index is 13.5. The zero-order valence-electron chi connectivity index (χ0n) is 15.3. The lowest BCUT2D eigenvalue weighted by atomic mass is 9.94. The van der Waals surface area contributed by atoms with Crippen molar-refractivity contribution in [2.45, 2.75) is 38.5 Å². The fourth-order valence-electron chi connectivity index (χ4n) is 3.36. The maximum Gasteiger partial charge on any atom is 0.412 e. The summed E-state index contributed by atoms with van der Waals surface area (Å²) in [6, 6.07) is 5.16. The Morgan fingerprint density at radius 3 is 2.64 bits per heavy atom. The van der Waals surface area contributed by atoms with E-state index in [1.807, 2.05) is 0 Å². The van der Waals surface area contributed by atoms with E-state index < -0.39 is 18.1 Å². The Bertz CT molecular complexity index is 849. The highest BCUT2D eigenvalue weighted by atomic mass is 19.4. The van der Waals surface area contributed by atoms with Crippen molar-refractivity contribution in [3.05, 3.63) is 53.3 Å². The van der Waals surface area contributed by atoms with Crippen LogP contribution in [0.2, 0.25) is 0 Å². The smallest absolute Gasteiger partial charge is 0.356 e. The van der Waals surface area contributed by atoms with Gasteiger partial charge < -0.3 is 10.6 Å². The number of benzene rings is 1. The lowest BCUT2D eigenvalue weighted by molar-refractivity contribution is -0.155. The van der Waals surface area contributed by atoms with E-state index in [0.717, 1.165) is 6.42 Å². The van der Waals surface area contributed by atoms with E-state index in [4.69, 9.17) is 0 Å². The molecule has 1 aliphatic heterocycles. The minimum Gasteiger partial charge on any atom is -0.356 e. The summed E-state index contributed by atoms with van der Waals surface area (Å²) in [4.78, 5) is 23.8. The molecule has 2 aromatic rings. The van der Waals surface area contributed by atoms with Crippen LogP contribution >= 0.6 is 0 Å². The predicted molar refractivity (Wildman–Crippen MR) is 95.4 cm³/mol. The van der Waals surface area contributed by atoms with Crippen LogP contribution < -0.4 is 10.6 Å². The van der Waals surface area contributed by atoms with E-state index in [2.05, 4.69) is 15.7 Å². The third-order valence-corrected chi connectivity index (χ3v) is 4.80. The first-order valence-electron chi connectivity index (χ1n) is 8.97. The van der Waals surface area contributed by atoms with Crippen molar-refractivity contribution in [1.82, 2.24) is 20.4 Å². The third kappa shape index (κ3) is 4.52. The van der Waals surface area contributed by atoms with E-state index in [1.165, 1.54) is 37.4 Å². The number of carbonyl (C=O) groups is 2. The van der Waals surface area contributed by atoms with Gasteiger partial charge in [-0.3, -0.25) is 14.3 Å². The summed E-state index contributed by atoms with van der Waals surface area (Å²) < 4.78 is 42.2. The van der Waals surface area contributed by atoms with Gasteiger partial charge in [-0.25, -0.2) is 0 Å². The molecule has 0 bridgehead atoms. The van der Waals surface area contributed by atoms with Gasteiger partial charge in [0.05, 0.1) is 17.5 Å². The average Bonchev–Trinajstić information content (AvgIpc) is 3.07. The SMILES string of the molecule is CC(=O)NCC1CCn2ncc(C(=O)NC(c3ccccc3)C(F)(F)F)c2C1. The Balaban J connectivity index is 1.78. The van der Waals surface area contributed by atoms with Gasteiger partial charge in [-0.1, -0.05) is 30.3 Å². The number of nitrogens with zero attached hydrogens (tertiary/aromatic N) is 2. The molecule has 1 aliphatic rings. The summed E-state index contributed by atoms with van der Waals surface area (Å²) in [5.74, 6) is -0.854. The Kier molecular flexibility index (Phi) is 5.71. The fraction of sp³-hybridized carbons (Fsp3) is 0.421. The molecule has 0 radical (unpaired) electrons. The molecule has 0 saturated carbocycles. The molecule has 150 valence electrons. The quantitative estimate of drug-likeness (QED) is 0.819. The van der Waals surface area contributed by atoms with E-state index in [-0.39, 0.29) is 23.0 Å². The fourth-order valence-corrected chi connectivity index (χ4v) is 3.36. The highest BCUT2D eigenvalue weighted by Gasteiger charge is 2.42. The van der Waals surface area contributed by atoms with Crippen molar-refractivity contribution in [2.24, 2.45) is 5.92 Å². The van der Waals surface area contributed by atoms with Crippen LogP contribution in [0.15, 0.2) is 36.5 Å². The van der Waals surface area contributed by atoms with Crippen molar-refractivity contribution in [2.75, 3.05) is 6.54 Å². The van der Waals surface area contributed by atoms with Crippen LogP contribution in [0.1, 0.15) is 41.0 Å². The number of carbonyl (C=O) groups excluding carboxylic acids is 2. The monoisotopic (exact) mass is 394 g/mol. The first-order valence-corrected chi connectivity index (χ1v) is 8.97. The zero-order valence-corrected chi connectivity index (χ0v) is 15.3. The molecule has 1 aromatic heterocycles. The number of halogens is 3. The summed E-state index contributed by atoms with van der Waals surface area (Å²) >= 11 is 0. The van der Waals surface area contributed by atoms with Crippen molar-refractivity contribution in [3.63, 3.8) is 0 Å². The van der Waals surface area contributed by atoms with Crippen LogP contribution in [-0.4, -0.2) is 34.3 Å². The Morgan fingerprint density at radius 1 is 1.29 bits per heavy atom. The van der Waals surface area contributed by atoms with E-state index in [9.17, 15) is 22.8 Å². The number of rotatable bonds is 5. The molecular weight excluding hydrogens is 373 g/mol. The Labute approximate surface area is 160 Å². The largest absolute Gasteiger partial charge is 0.412 e. The second-order valence-electron chi connectivity index (χ2n) is 6.88. The second-order valence-corrected chi connectivity index (χ2v) is 6.88. The standard InChI is InChI=1S/C19H21F3N4O2/c1-12(27)23-10-13-7-8-26-16(9-13)15(11-24-26)18(28)25-17(19(20,21)22)14-5-3-2-4-6-14/h2-6,11,13,17H,7-10H2,1H3,(H,23,27)(H,25,28). The van der Waals surface area contributed by atoms with Crippen LogP contribution in [0.3, 0.4) is 0 Å². The topological polar surface area (TPSA) is 76.0 Å². The van der Waals surface area contributed by atoms with Crippen LogP contribution in [0.25, 0.3) is 0 Å².